The second-order valence-electron chi connectivity index (χ2n) is 7.92. The minimum absolute atomic E-state index is 0.0362. The van der Waals surface area contributed by atoms with E-state index in [-0.39, 0.29) is 11.6 Å². The summed E-state index contributed by atoms with van der Waals surface area (Å²) in [6.45, 7) is 25.7. The van der Waals surface area contributed by atoms with Crippen LogP contribution in [0.4, 0.5) is 4.39 Å². The number of aromatic nitrogens is 1. The largest absolute Gasteiger partial charge is 0.287 e. The third-order valence-electron chi connectivity index (χ3n) is 5.31. The number of ketones is 1. The highest BCUT2D eigenvalue weighted by Gasteiger charge is 2.17. The van der Waals surface area contributed by atoms with Crippen LogP contribution in [0.3, 0.4) is 0 Å². The van der Waals surface area contributed by atoms with E-state index in [9.17, 15) is 9.18 Å². The molecule has 0 aliphatic carbocycles. The van der Waals surface area contributed by atoms with Gasteiger partial charge in [0.2, 0.25) is 5.78 Å². The lowest BCUT2D eigenvalue weighted by molar-refractivity contribution is 0.102. The Morgan fingerprint density at radius 2 is 1.65 bits per heavy atom. The maximum Gasteiger partial charge on any atom is 0.208 e. The maximum absolute atomic E-state index is 12.9. The molecule has 37 heavy (non-hydrogen) atoms. The second kappa shape index (κ2) is 20.8. The molecule has 0 fully saturated rings. The van der Waals surface area contributed by atoms with E-state index in [0.29, 0.717) is 22.0 Å². The van der Waals surface area contributed by atoms with Crippen molar-refractivity contribution in [3.05, 3.63) is 98.0 Å². The topological polar surface area (TPSA) is 30.0 Å². The first-order valence-electron chi connectivity index (χ1n) is 13.1. The number of hydrogen-bond acceptors (Lipinski definition) is 3. The molecule has 0 aliphatic rings. The van der Waals surface area contributed by atoms with Crippen molar-refractivity contribution in [3.8, 4) is 0 Å². The molecule has 5 heteroatoms. The molecule has 1 aromatic heterocycles. The van der Waals surface area contributed by atoms with Crippen molar-refractivity contribution in [2.24, 2.45) is 0 Å². The zero-order valence-corrected chi connectivity index (χ0v) is 26.4. The van der Waals surface area contributed by atoms with Crippen molar-refractivity contribution in [2.75, 3.05) is 5.75 Å². The highest BCUT2D eigenvalue weighted by atomic mass is 35.5. The third-order valence-corrected chi connectivity index (χ3v) is 6.69. The molecule has 2 aromatic rings. The Labute approximate surface area is 235 Å². The van der Waals surface area contributed by atoms with Crippen molar-refractivity contribution in [3.63, 3.8) is 0 Å². The fraction of sp³-hybridized carbons (Fsp3) is 0.438. The molecule has 0 aliphatic heterocycles. The van der Waals surface area contributed by atoms with E-state index >= 15 is 0 Å². The Kier molecular flexibility index (Phi) is 20.8. The predicted molar refractivity (Wildman–Crippen MR) is 166 cm³/mol. The van der Waals surface area contributed by atoms with Gasteiger partial charge in [-0.25, -0.2) is 9.37 Å². The van der Waals surface area contributed by atoms with Gasteiger partial charge in [-0.3, -0.25) is 4.79 Å². The molecule has 0 N–H and O–H groups in total. The standard InChI is InChI=1S/C21H29NOS.C7H6ClF.2C2H6/c1-8-11-18(9-2)17(7)24-13-19(10-3)21(23)20-15(5)12-14(4)16(6)22-20;1-5-2-3-6(8)4-7(5)9;2*1-2/h9-10,12H,2,8,11,13H2,1,3-7H3;2-4H,1H3;2*1-2H3/b18-17+,19-10-;;;. The van der Waals surface area contributed by atoms with Crippen LogP contribution in [0.25, 0.3) is 0 Å². The first-order chi connectivity index (χ1) is 17.5. The summed E-state index contributed by atoms with van der Waals surface area (Å²) in [4.78, 5) is 18.6. The van der Waals surface area contributed by atoms with Gasteiger partial charge < -0.3 is 0 Å². The van der Waals surface area contributed by atoms with Gasteiger partial charge in [-0.1, -0.05) is 83.5 Å². The maximum atomic E-state index is 12.9. The molecule has 0 atom stereocenters. The lowest BCUT2D eigenvalue weighted by atomic mass is 10.0. The van der Waals surface area contributed by atoms with Crippen molar-refractivity contribution in [1.82, 2.24) is 4.98 Å². The van der Waals surface area contributed by atoms with E-state index in [0.717, 1.165) is 35.2 Å². The zero-order valence-electron chi connectivity index (χ0n) is 24.8. The summed E-state index contributed by atoms with van der Waals surface area (Å²) in [7, 11) is 0. The number of benzene rings is 1. The van der Waals surface area contributed by atoms with Crippen LogP contribution in [0.2, 0.25) is 5.02 Å². The van der Waals surface area contributed by atoms with Crippen molar-refractivity contribution in [1.29, 1.82) is 0 Å². The molecule has 2 nitrogen and oxygen atoms in total. The average molecular weight is 548 g/mol. The number of halogens is 2. The third kappa shape index (κ3) is 13.3. The number of pyridine rings is 1. The van der Waals surface area contributed by atoms with Gasteiger partial charge in [-0.05, 0) is 87.3 Å². The van der Waals surface area contributed by atoms with Crippen LogP contribution in [0, 0.1) is 33.5 Å². The van der Waals surface area contributed by atoms with Gasteiger partial charge in [0.25, 0.3) is 0 Å². The van der Waals surface area contributed by atoms with Crippen LogP contribution in [-0.4, -0.2) is 16.5 Å². The highest BCUT2D eigenvalue weighted by molar-refractivity contribution is 8.03. The van der Waals surface area contributed by atoms with Crippen LogP contribution < -0.4 is 0 Å². The number of allylic oxidation sites excluding steroid dienone is 4. The number of aryl methyl sites for hydroxylation is 4. The van der Waals surface area contributed by atoms with Crippen LogP contribution >= 0.6 is 23.4 Å². The summed E-state index contributed by atoms with van der Waals surface area (Å²) in [5.74, 6) is 0.451. The Hall–Kier alpha value is -2.17. The molecule has 1 heterocycles. The molecule has 206 valence electrons. The number of carbonyl (C=O) groups excluding carboxylic acids is 1. The highest BCUT2D eigenvalue weighted by Crippen LogP contribution is 2.26. The van der Waals surface area contributed by atoms with E-state index in [1.165, 1.54) is 16.5 Å². The van der Waals surface area contributed by atoms with Crippen molar-refractivity contribution < 1.29 is 9.18 Å². The van der Waals surface area contributed by atoms with Gasteiger partial charge in [0, 0.05) is 22.0 Å². The number of thioether (sulfide) groups is 1. The molecule has 1 aromatic carbocycles. The monoisotopic (exact) mass is 547 g/mol. The molecule has 0 saturated carbocycles. The fourth-order valence-electron chi connectivity index (χ4n) is 3.04. The van der Waals surface area contributed by atoms with E-state index in [1.807, 2.05) is 73.6 Å². The summed E-state index contributed by atoms with van der Waals surface area (Å²) >= 11 is 7.19. The van der Waals surface area contributed by atoms with E-state index in [2.05, 4.69) is 25.4 Å². The summed E-state index contributed by atoms with van der Waals surface area (Å²) in [6.07, 6.45) is 5.96. The lowest BCUT2D eigenvalue weighted by Crippen LogP contribution is -2.11. The van der Waals surface area contributed by atoms with Crippen LogP contribution in [0.1, 0.15) is 94.2 Å². The van der Waals surface area contributed by atoms with Crippen LogP contribution in [0.5, 0.6) is 0 Å². The Bertz CT molecular complexity index is 1060. The summed E-state index contributed by atoms with van der Waals surface area (Å²) in [5, 5.41) is 0.443. The van der Waals surface area contributed by atoms with Crippen LogP contribution in [-0.2, 0) is 0 Å². The smallest absolute Gasteiger partial charge is 0.208 e. The molecular weight excluding hydrogens is 501 g/mol. The molecule has 2 rings (SSSR count). The van der Waals surface area contributed by atoms with Gasteiger partial charge in [-0.2, -0.15) is 0 Å². The van der Waals surface area contributed by atoms with E-state index in [1.54, 1.807) is 30.8 Å². The van der Waals surface area contributed by atoms with Gasteiger partial charge in [0.1, 0.15) is 11.5 Å². The van der Waals surface area contributed by atoms with E-state index in [4.69, 9.17) is 11.6 Å². The van der Waals surface area contributed by atoms with Crippen molar-refractivity contribution in [2.45, 2.75) is 89.0 Å². The SMILES string of the molecule is C=C/C(CCC)=C(/C)SC/C(=C/C)C(=O)c1nc(C)c(C)cc1C.CC.CC.Cc1ccc(Cl)cc1F. The first-order valence-corrected chi connectivity index (χ1v) is 14.4. The predicted octanol–water partition coefficient (Wildman–Crippen LogP) is 11.0. The number of Topliss-reactive ketones (excluding diaryl/α,β-unsaturated/α-hetero) is 1. The molecule has 0 spiro atoms. The molecule has 0 bridgehead atoms. The Morgan fingerprint density at radius 3 is 2.11 bits per heavy atom. The lowest BCUT2D eigenvalue weighted by Gasteiger charge is -2.12. The fourth-order valence-corrected chi connectivity index (χ4v) is 4.24. The van der Waals surface area contributed by atoms with Gasteiger partial charge in [0.05, 0.1) is 0 Å². The van der Waals surface area contributed by atoms with Gasteiger partial charge >= 0.3 is 0 Å². The molecule has 0 unspecified atom stereocenters. The van der Waals surface area contributed by atoms with Gasteiger partial charge in [-0.15, -0.1) is 11.8 Å². The number of carbonyl (C=O) groups is 1. The number of nitrogens with zero attached hydrogens (tertiary/aromatic N) is 1. The summed E-state index contributed by atoms with van der Waals surface area (Å²) in [6, 6.07) is 6.66. The summed E-state index contributed by atoms with van der Waals surface area (Å²) in [5.41, 5.74) is 6.25. The Balaban J connectivity index is 0. The normalized spacial score (nSPS) is 11.0. The second-order valence-corrected chi connectivity index (χ2v) is 9.54. The van der Waals surface area contributed by atoms with Crippen LogP contribution in [0.15, 0.2) is 59.0 Å². The minimum Gasteiger partial charge on any atom is -0.287 e. The molecule has 0 radical (unpaired) electrons. The molecule has 0 amide bonds. The average Bonchev–Trinajstić information content (AvgIpc) is 2.90. The number of hydrogen-bond donors (Lipinski definition) is 0. The van der Waals surface area contributed by atoms with E-state index < -0.39 is 0 Å². The molecular formula is C32H47ClFNOS. The van der Waals surface area contributed by atoms with Crippen molar-refractivity contribution >= 4 is 29.1 Å². The first kappa shape index (κ1) is 37.0. The summed E-state index contributed by atoms with van der Waals surface area (Å²) < 4.78 is 12.5. The zero-order chi connectivity index (χ0) is 29.1. The Morgan fingerprint density at radius 1 is 1.05 bits per heavy atom. The minimum atomic E-state index is -0.248. The quantitative estimate of drug-likeness (QED) is 0.187. The number of rotatable bonds is 8. The van der Waals surface area contributed by atoms with Gasteiger partial charge in [0.15, 0.2) is 0 Å². The molecule has 0 saturated heterocycles.